The minimum absolute atomic E-state index is 0.0915. The van der Waals surface area contributed by atoms with Crippen molar-refractivity contribution in [1.29, 1.82) is 0 Å². The lowest BCUT2D eigenvalue weighted by molar-refractivity contribution is 0.0953. The summed E-state index contributed by atoms with van der Waals surface area (Å²) < 4.78 is 0. The molecule has 1 aromatic carbocycles. The van der Waals surface area contributed by atoms with Gasteiger partial charge in [0.2, 0.25) is 0 Å². The Morgan fingerprint density at radius 2 is 1.45 bits per heavy atom. The molecule has 2 N–H and O–H groups in total. The van der Waals surface area contributed by atoms with E-state index in [1.54, 1.807) is 12.1 Å². The molecule has 182 valence electrons. The number of likely N-dealkylation sites (N-methyl/N-ethyl adjacent to an activating group) is 1. The molecule has 1 aromatic rings. The molecule has 0 aliphatic rings. The summed E-state index contributed by atoms with van der Waals surface area (Å²) in [6.45, 7) is 5.14. The fraction of sp³-hybridized carbons (Fsp3) is 0.483. The Labute approximate surface area is 201 Å². The van der Waals surface area contributed by atoms with E-state index in [0.717, 1.165) is 45.1 Å². The Hall–Kier alpha value is -2.59. The smallest absolute Gasteiger partial charge is 0.251 e. The minimum atomic E-state index is -0.0915. The van der Waals surface area contributed by atoms with E-state index in [2.05, 4.69) is 72.8 Å². The molecule has 0 heterocycles. The molecule has 0 saturated carbocycles. The van der Waals surface area contributed by atoms with Crippen molar-refractivity contribution in [3.05, 3.63) is 78.4 Å². The van der Waals surface area contributed by atoms with Gasteiger partial charge in [0.15, 0.2) is 0 Å². The second-order valence-electron chi connectivity index (χ2n) is 8.36. The van der Waals surface area contributed by atoms with Crippen LogP contribution in [-0.2, 0) is 0 Å². The summed E-state index contributed by atoms with van der Waals surface area (Å²) in [5, 5.41) is 12.2. The molecule has 0 fully saturated rings. The molecular formula is C29H44N2O2. The van der Waals surface area contributed by atoms with Crippen molar-refractivity contribution in [2.75, 3.05) is 26.7 Å². The predicted molar refractivity (Wildman–Crippen MR) is 142 cm³/mol. The molecule has 0 saturated heterocycles. The van der Waals surface area contributed by atoms with Gasteiger partial charge < -0.3 is 15.3 Å². The van der Waals surface area contributed by atoms with Crippen LogP contribution in [0, 0.1) is 0 Å². The van der Waals surface area contributed by atoms with Gasteiger partial charge in [-0.25, -0.2) is 0 Å². The van der Waals surface area contributed by atoms with Crippen LogP contribution in [0.5, 0.6) is 5.75 Å². The van der Waals surface area contributed by atoms with Crippen molar-refractivity contribution < 1.29 is 9.90 Å². The van der Waals surface area contributed by atoms with E-state index in [0.29, 0.717) is 12.1 Å². The number of nitrogens with one attached hydrogen (secondary N) is 1. The Morgan fingerprint density at radius 3 is 2.09 bits per heavy atom. The number of benzene rings is 1. The minimum Gasteiger partial charge on any atom is -0.508 e. The lowest BCUT2D eigenvalue weighted by atomic mass is 10.2. The molecule has 33 heavy (non-hydrogen) atoms. The molecule has 0 unspecified atom stereocenters. The Morgan fingerprint density at radius 1 is 0.848 bits per heavy atom. The maximum Gasteiger partial charge on any atom is 0.251 e. The largest absolute Gasteiger partial charge is 0.508 e. The van der Waals surface area contributed by atoms with Crippen molar-refractivity contribution in [1.82, 2.24) is 10.2 Å². The molecule has 4 nitrogen and oxygen atoms in total. The topological polar surface area (TPSA) is 52.6 Å². The van der Waals surface area contributed by atoms with Gasteiger partial charge >= 0.3 is 0 Å². The monoisotopic (exact) mass is 452 g/mol. The summed E-state index contributed by atoms with van der Waals surface area (Å²) in [7, 11) is 2.19. The first-order chi connectivity index (χ1) is 16.1. The van der Waals surface area contributed by atoms with Crippen molar-refractivity contribution in [2.45, 2.75) is 64.7 Å². The SMILES string of the molecule is CCCCCN(C)C/C=C\C/C=C\C/C=C\C/C=C\CCCCNC(=O)c1ccc(O)cc1. The lowest BCUT2D eigenvalue weighted by Gasteiger charge is -2.13. The molecular weight excluding hydrogens is 408 g/mol. The summed E-state index contributed by atoms with van der Waals surface area (Å²) in [5.41, 5.74) is 0.576. The highest BCUT2D eigenvalue weighted by Crippen LogP contribution is 2.09. The van der Waals surface area contributed by atoms with Gasteiger partial charge in [-0.3, -0.25) is 4.79 Å². The fourth-order valence-electron chi connectivity index (χ4n) is 3.21. The van der Waals surface area contributed by atoms with E-state index < -0.39 is 0 Å². The van der Waals surface area contributed by atoms with Gasteiger partial charge in [-0.15, -0.1) is 0 Å². The van der Waals surface area contributed by atoms with E-state index >= 15 is 0 Å². The van der Waals surface area contributed by atoms with Crippen LogP contribution in [-0.4, -0.2) is 42.6 Å². The maximum absolute atomic E-state index is 11.9. The third-order valence-electron chi connectivity index (χ3n) is 5.26. The first kappa shape index (κ1) is 28.4. The van der Waals surface area contributed by atoms with Crippen LogP contribution in [0.2, 0.25) is 0 Å². The number of allylic oxidation sites excluding steroid dienone is 7. The number of phenols is 1. The highest BCUT2D eigenvalue weighted by atomic mass is 16.3. The number of hydrogen-bond acceptors (Lipinski definition) is 3. The zero-order valence-electron chi connectivity index (χ0n) is 20.7. The van der Waals surface area contributed by atoms with Crippen molar-refractivity contribution in [2.24, 2.45) is 0 Å². The molecule has 0 aromatic heterocycles. The summed E-state index contributed by atoms with van der Waals surface area (Å²) in [6.07, 6.45) is 27.7. The highest BCUT2D eigenvalue weighted by molar-refractivity contribution is 5.94. The molecule has 4 heteroatoms. The molecule has 0 spiro atoms. The Kier molecular flexibility index (Phi) is 17.3. The number of rotatable bonds is 18. The summed E-state index contributed by atoms with van der Waals surface area (Å²) in [6, 6.07) is 6.31. The summed E-state index contributed by atoms with van der Waals surface area (Å²) in [5.74, 6) is 0.0793. The average molecular weight is 453 g/mol. The standard InChI is InChI=1S/C29H44N2O2/c1-3-4-18-25-31(2)26-19-16-14-12-10-8-6-5-7-9-11-13-15-17-24-30-29(33)27-20-22-28(32)23-21-27/h5-6,9-12,16,19-23,32H,3-4,7-8,13-15,17-18,24-26H2,1-2H3,(H,30,33)/b6-5-,11-9-,12-10-,19-16-. The molecule has 0 aliphatic carbocycles. The second kappa shape index (κ2) is 20.0. The molecule has 1 rings (SSSR count). The van der Waals surface area contributed by atoms with Crippen molar-refractivity contribution >= 4 is 5.91 Å². The highest BCUT2D eigenvalue weighted by Gasteiger charge is 2.03. The van der Waals surface area contributed by atoms with E-state index in [4.69, 9.17) is 0 Å². The zero-order valence-corrected chi connectivity index (χ0v) is 20.7. The van der Waals surface area contributed by atoms with Gasteiger partial charge in [0.1, 0.15) is 5.75 Å². The van der Waals surface area contributed by atoms with E-state index in [1.807, 2.05) is 0 Å². The number of aromatic hydroxyl groups is 1. The van der Waals surface area contributed by atoms with Crippen LogP contribution in [0.25, 0.3) is 0 Å². The number of carbonyl (C=O) groups excluding carboxylic acids is 1. The van der Waals surface area contributed by atoms with Crippen LogP contribution in [0.4, 0.5) is 0 Å². The van der Waals surface area contributed by atoms with Crippen LogP contribution >= 0.6 is 0 Å². The predicted octanol–water partition coefficient (Wildman–Crippen LogP) is 6.81. The third-order valence-corrected chi connectivity index (χ3v) is 5.26. The molecule has 0 bridgehead atoms. The Bertz CT molecular complexity index is 732. The first-order valence-corrected chi connectivity index (χ1v) is 12.5. The van der Waals surface area contributed by atoms with Crippen LogP contribution in [0.3, 0.4) is 0 Å². The van der Waals surface area contributed by atoms with Gasteiger partial charge in [-0.05, 0) is 82.8 Å². The Balaban J connectivity index is 1.95. The molecule has 1 amide bonds. The molecule has 0 atom stereocenters. The molecule has 0 radical (unpaired) electrons. The third kappa shape index (κ3) is 16.7. The van der Waals surface area contributed by atoms with Gasteiger partial charge in [0.25, 0.3) is 5.91 Å². The lowest BCUT2D eigenvalue weighted by Crippen LogP contribution is -2.24. The number of hydrogen-bond donors (Lipinski definition) is 2. The summed E-state index contributed by atoms with van der Waals surface area (Å²) >= 11 is 0. The van der Waals surface area contributed by atoms with Crippen molar-refractivity contribution in [3.8, 4) is 5.75 Å². The quantitative estimate of drug-likeness (QED) is 0.190. The number of carbonyl (C=O) groups is 1. The molecule has 0 aliphatic heterocycles. The number of unbranched alkanes of at least 4 members (excludes halogenated alkanes) is 4. The van der Waals surface area contributed by atoms with Gasteiger partial charge in [0.05, 0.1) is 0 Å². The van der Waals surface area contributed by atoms with Gasteiger partial charge in [-0.1, -0.05) is 68.4 Å². The zero-order chi connectivity index (χ0) is 24.0. The fourth-order valence-corrected chi connectivity index (χ4v) is 3.21. The maximum atomic E-state index is 11.9. The van der Waals surface area contributed by atoms with E-state index in [-0.39, 0.29) is 11.7 Å². The van der Waals surface area contributed by atoms with Crippen LogP contribution in [0.1, 0.15) is 75.1 Å². The number of nitrogens with zero attached hydrogens (tertiary/aromatic N) is 1. The second-order valence-corrected chi connectivity index (χ2v) is 8.36. The van der Waals surface area contributed by atoms with Gasteiger partial charge in [0, 0.05) is 18.7 Å². The van der Waals surface area contributed by atoms with Crippen molar-refractivity contribution in [3.63, 3.8) is 0 Å². The van der Waals surface area contributed by atoms with Crippen LogP contribution < -0.4 is 5.32 Å². The van der Waals surface area contributed by atoms with Crippen LogP contribution in [0.15, 0.2) is 72.9 Å². The normalized spacial score (nSPS) is 12.2. The number of phenolic OH excluding ortho intramolecular Hbond substituents is 1. The first-order valence-electron chi connectivity index (χ1n) is 12.5. The van der Waals surface area contributed by atoms with Gasteiger partial charge in [-0.2, -0.15) is 0 Å². The average Bonchev–Trinajstić information content (AvgIpc) is 2.81. The van der Waals surface area contributed by atoms with E-state index in [9.17, 15) is 9.90 Å². The number of amides is 1. The van der Waals surface area contributed by atoms with E-state index in [1.165, 1.54) is 37.9 Å². The summed E-state index contributed by atoms with van der Waals surface area (Å²) in [4.78, 5) is 14.3.